The van der Waals surface area contributed by atoms with Crippen molar-refractivity contribution in [1.29, 1.82) is 0 Å². The number of carbonyl (C=O) groups is 1. The minimum absolute atomic E-state index is 0.0231. The third-order valence-electron chi connectivity index (χ3n) is 4.97. The van der Waals surface area contributed by atoms with Crippen LogP contribution in [-0.4, -0.2) is 35.7 Å². The predicted octanol–water partition coefficient (Wildman–Crippen LogP) is 4.16. The molecule has 0 aliphatic heterocycles. The van der Waals surface area contributed by atoms with Gasteiger partial charge in [-0.2, -0.15) is 0 Å². The summed E-state index contributed by atoms with van der Waals surface area (Å²) in [4.78, 5) is 17.1. The number of methoxy groups -OCH3 is 1. The standard InChI is InChI=1S/C25H25N3O3/c1-30-20-11-13-21(14-12-20)31-18-17-26-25(29)16-15-24-27-22-9-5-6-10-23(22)28(24)19-7-3-2-4-8-19/h2-14H,15-18H2,1H3,(H,26,29). The highest BCUT2D eigenvalue weighted by Gasteiger charge is 2.13. The van der Waals surface area contributed by atoms with Crippen LogP contribution in [0.2, 0.25) is 0 Å². The van der Waals surface area contributed by atoms with Crippen LogP contribution in [0.25, 0.3) is 16.7 Å². The zero-order chi connectivity index (χ0) is 21.5. The maximum Gasteiger partial charge on any atom is 0.220 e. The summed E-state index contributed by atoms with van der Waals surface area (Å²) in [5.74, 6) is 2.37. The Hall–Kier alpha value is -3.80. The zero-order valence-electron chi connectivity index (χ0n) is 17.5. The molecule has 1 heterocycles. The van der Waals surface area contributed by atoms with Gasteiger partial charge < -0.3 is 14.8 Å². The molecule has 6 nitrogen and oxygen atoms in total. The molecule has 0 spiro atoms. The molecule has 0 bridgehead atoms. The molecule has 31 heavy (non-hydrogen) atoms. The summed E-state index contributed by atoms with van der Waals surface area (Å²) in [5, 5.41) is 2.91. The fourth-order valence-electron chi connectivity index (χ4n) is 3.45. The van der Waals surface area contributed by atoms with Gasteiger partial charge in [0, 0.05) is 18.5 Å². The van der Waals surface area contributed by atoms with Gasteiger partial charge in [0.1, 0.15) is 23.9 Å². The van der Waals surface area contributed by atoms with Gasteiger partial charge in [0.05, 0.1) is 24.7 Å². The molecule has 4 aromatic rings. The van der Waals surface area contributed by atoms with Gasteiger partial charge in [-0.15, -0.1) is 0 Å². The van der Waals surface area contributed by atoms with Crippen LogP contribution >= 0.6 is 0 Å². The molecule has 3 aromatic carbocycles. The van der Waals surface area contributed by atoms with Crippen molar-refractivity contribution in [1.82, 2.24) is 14.9 Å². The van der Waals surface area contributed by atoms with Gasteiger partial charge in [-0.1, -0.05) is 30.3 Å². The van der Waals surface area contributed by atoms with Crippen LogP contribution in [-0.2, 0) is 11.2 Å². The highest BCUT2D eigenvalue weighted by molar-refractivity contribution is 5.79. The summed E-state index contributed by atoms with van der Waals surface area (Å²) in [6.07, 6.45) is 0.910. The number of aromatic nitrogens is 2. The molecule has 0 radical (unpaired) electrons. The van der Waals surface area contributed by atoms with E-state index in [1.807, 2.05) is 72.8 Å². The number of rotatable bonds is 9. The number of imidazole rings is 1. The van der Waals surface area contributed by atoms with Crippen LogP contribution in [0, 0.1) is 0 Å². The molecule has 1 N–H and O–H groups in total. The fourth-order valence-corrected chi connectivity index (χ4v) is 3.45. The van der Waals surface area contributed by atoms with Gasteiger partial charge in [0.2, 0.25) is 5.91 Å². The number of benzene rings is 3. The molecule has 0 saturated carbocycles. The summed E-state index contributed by atoms with van der Waals surface area (Å²) in [6, 6.07) is 25.5. The highest BCUT2D eigenvalue weighted by atomic mass is 16.5. The summed E-state index contributed by atoms with van der Waals surface area (Å²) < 4.78 is 12.9. The van der Waals surface area contributed by atoms with E-state index >= 15 is 0 Å². The lowest BCUT2D eigenvalue weighted by Gasteiger charge is -2.10. The van der Waals surface area contributed by atoms with Crippen LogP contribution in [0.1, 0.15) is 12.2 Å². The van der Waals surface area contributed by atoms with Crippen molar-refractivity contribution >= 4 is 16.9 Å². The van der Waals surface area contributed by atoms with Crippen molar-refractivity contribution in [2.45, 2.75) is 12.8 Å². The minimum Gasteiger partial charge on any atom is -0.497 e. The van der Waals surface area contributed by atoms with E-state index in [4.69, 9.17) is 14.5 Å². The Balaban J connectivity index is 1.33. The number of carbonyl (C=O) groups excluding carboxylic acids is 1. The number of nitrogens with one attached hydrogen (secondary N) is 1. The third-order valence-corrected chi connectivity index (χ3v) is 4.97. The molecular formula is C25H25N3O3. The second-order valence-electron chi connectivity index (χ2n) is 7.06. The van der Waals surface area contributed by atoms with Crippen molar-refractivity contribution in [3.05, 3.63) is 84.7 Å². The maximum atomic E-state index is 12.4. The predicted molar refractivity (Wildman–Crippen MR) is 121 cm³/mol. The molecule has 0 atom stereocenters. The Morgan fingerprint density at radius 1 is 0.935 bits per heavy atom. The Labute approximate surface area is 181 Å². The van der Waals surface area contributed by atoms with Gasteiger partial charge in [-0.25, -0.2) is 4.98 Å². The first-order valence-electron chi connectivity index (χ1n) is 10.3. The van der Waals surface area contributed by atoms with Crippen LogP contribution in [0.5, 0.6) is 11.5 Å². The Kier molecular flexibility index (Phi) is 6.47. The van der Waals surface area contributed by atoms with Crippen LogP contribution < -0.4 is 14.8 Å². The second kappa shape index (κ2) is 9.80. The van der Waals surface area contributed by atoms with Gasteiger partial charge >= 0.3 is 0 Å². The van der Waals surface area contributed by atoms with Gasteiger partial charge in [0.25, 0.3) is 0 Å². The lowest BCUT2D eigenvalue weighted by Crippen LogP contribution is -2.28. The summed E-state index contributed by atoms with van der Waals surface area (Å²) in [5.41, 5.74) is 3.01. The second-order valence-corrected chi connectivity index (χ2v) is 7.06. The molecule has 158 valence electrons. The van der Waals surface area contributed by atoms with Crippen molar-refractivity contribution in [3.63, 3.8) is 0 Å². The molecule has 0 aliphatic rings. The van der Waals surface area contributed by atoms with E-state index in [2.05, 4.69) is 16.0 Å². The molecule has 0 fully saturated rings. The molecule has 0 saturated heterocycles. The fraction of sp³-hybridized carbons (Fsp3) is 0.200. The van der Waals surface area contributed by atoms with Crippen molar-refractivity contribution < 1.29 is 14.3 Å². The number of aryl methyl sites for hydroxylation is 1. The molecule has 0 aliphatic carbocycles. The lowest BCUT2D eigenvalue weighted by atomic mass is 10.2. The van der Waals surface area contributed by atoms with E-state index in [1.165, 1.54) is 0 Å². The average Bonchev–Trinajstić information content (AvgIpc) is 3.20. The number of para-hydroxylation sites is 3. The topological polar surface area (TPSA) is 65.4 Å². The monoisotopic (exact) mass is 415 g/mol. The quantitative estimate of drug-likeness (QED) is 0.417. The van der Waals surface area contributed by atoms with Crippen LogP contribution in [0.15, 0.2) is 78.9 Å². The van der Waals surface area contributed by atoms with E-state index in [1.54, 1.807) is 7.11 Å². The molecule has 6 heteroatoms. The van der Waals surface area contributed by atoms with E-state index in [-0.39, 0.29) is 5.91 Å². The smallest absolute Gasteiger partial charge is 0.220 e. The van der Waals surface area contributed by atoms with E-state index < -0.39 is 0 Å². The van der Waals surface area contributed by atoms with Crippen molar-refractivity contribution in [3.8, 4) is 17.2 Å². The Morgan fingerprint density at radius 2 is 1.65 bits per heavy atom. The molecule has 1 aromatic heterocycles. The van der Waals surface area contributed by atoms with Gasteiger partial charge in [0.15, 0.2) is 0 Å². The Morgan fingerprint density at radius 3 is 2.42 bits per heavy atom. The Bertz CT molecular complexity index is 1140. The first-order valence-corrected chi connectivity index (χ1v) is 10.3. The zero-order valence-corrected chi connectivity index (χ0v) is 17.5. The first kappa shape index (κ1) is 20.5. The lowest BCUT2D eigenvalue weighted by molar-refractivity contribution is -0.121. The van der Waals surface area contributed by atoms with Gasteiger partial charge in [-0.3, -0.25) is 9.36 Å². The number of hydrogen-bond acceptors (Lipinski definition) is 4. The normalized spacial score (nSPS) is 10.7. The van der Waals surface area contributed by atoms with E-state index in [0.717, 1.165) is 34.0 Å². The molecule has 4 rings (SSSR count). The molecular weight excluding hydrogens is 390 g/mol. The van der Waals surface area contributed by atoms with Crippen molar-refractivity contribution in [2.75, 3.05) is 20.3 Å². The SMILES string of the molecule is COc1ccc(OCCNC(=O)CCc2nc3ccccc3n2-c2ccccc2)cc1. The number of fused-ring (bicyclic) bond motifs is 1. The summed E-state index contributed by atoms with van der Waals surface area (Å²) in [6.45, 7) is 0.848. The van der Waals surface area contributed by atoms with Crippen molar-refractivity contribution in [2.24, 2.45) is 0 Å². The average molecular weight is 415 g/mol. The van der Waals surface area contributed by atoms with Gasteiger partial charge in [-0.05, 0) is 48.5 Å². The first-order chi connectivity index (χ1) is 15.2. The van der Waals surface area contributed by atoms with Crippen LogP contribution in [0.3, 0.4) is 0 Å². The maximum absolute atomic E-state index is 12.4. The molecule has 1 amide bonds. The van der Waals surface area contributed by atoms with E-state index in [9.17, 15) is 4.79 Å². The van der Waals surface area contributed by atoms with E-state index in [0.29, 0.717) is 26.0 Å². The van der Waals surface area contributed by atoms with Crippen LogP contribution in [0.4, 0.5) is 0 Å². The largest absolute Gasteiger partial charge is 0.497 e. The highest BCUT2D eigenvalue weighted by Crippen LogP contribution is 2.22. The minimum atomic E-state index is -0.0231. The molecule has 0 unspecified atom stereocenters. The number of nitrogens with zero attached hydrogens (tertiary/aromatic N) is 2. The summed E-state index contributed by atoms with van der Waals surface area (Å²) in [7, 11) is 1.63. The summed E-state index contributed by atoms with van der Waals surface area (Å²) >= 11 is 0. The number of amides is 1. The third kappa shape index (κ3) is 5.04. The number of ether oxygens (including phenoxy) is 2. The number of hydrogen-bond donors (Lipinski definition) is 1.